The maximum absolute atomic E-state index is 11.6. The van der Waals surface area contributed by atoms with E-state index in [9.17, 15) is 4.79 Å². The van der Waals surface area contributed by atoms with Gasteiger partial charge in [0.05, 0.1) is 12.1 Å². The van der Waals surface area contributed by atoms with E-state index < -0.39 is 0 Å². The van der Waals surface area contributed by atoms with Crippen LogP contribution in [0.3, 0.4) is 0 Å². The summed E-state index contributed by atoms with van der Waals surface area (Å²) in [6, 6.07) is 11.3. The summed E-state index contributed by atoms with van der Waals surface area (Å²) in [7, 11) is 0. The molecule has 3 nitrogen and oxygen atoms in total. The number of ether oxygens (including phenoxy) is 1. The minimum atomic E-state index is -0.0476. The van der Waals surface area contributed by atoms with Crippen molar-refractivity contribution in [1.29, 1.82) is 0 Å². The molecule has 3 heteroatoms. The lowest BCUT2D eigenvalue weighted by molar-refractivity contribution is 0.355. The van der Waals surface area contributed by atoms with Crippen LogP contribution in [0, 0.1) is 0 Å². The number of pyridine rings is 1. The largest absolute Gasteiger partial charge is 0.351 e. The minimum absolute atomic E-state index is 0.00574. The summed E-state index contributed by atoms with van der Waals surface area (Å²) in [6.45, 7) is 0.647. The predicted molar refractivity (Wildman–Crippen MR) is 53.2 cm³/mol. The van der Waals surface area contributed by atoms with Gasteiger partial charge >= 0.3 is 0 Å². The minimum Gasteiger partial charge on any atom is -0.351 e. The Balaban J connectivity index is 2.42. The third-order valence-corrected chi connectivity index (χ3v) is 2.44. The fraction of sp³-hybridized carbons (Fsp3) is 0.182. The summed E-state index contributed by atoms with van der Waals surface area (Å²) in [5, 5.41) is 1.07. The molecule has 2 heterocycles. The molecule has 1 fully saturated rings. The number of fused-ring (bicyclic) bond motifs is 1. The Kier molecular flexibility index (Phi) is 1.49. The normalized spacial score (nSPS) is 19.9. The van der Waals surface area contributed by atoms with Crippen molar-refractivity contribution in [2.24, 2.45) is 0 Å². The Morgan fingerprint density at radius 2 is 2.00 bits per heavy atom. The summed E-state index contributed by atoms with van der Waals surface area (Å²) in [5.74, 6) is 0. The van der Waals surface area contributed by atoms with E-state index in [1.54, 1.807) is 10.6 Å². The maximum Gasteiger partial charge on any atom is 0.253 e. The van der Waals surface area contributed by atoms with Crippen molar-refractivity contribution in [3.8, 4) is 0 Å². The number of epoxide rings is 1. The Labute approximate surface area is 80.5 Å². The van der Waals surface area contributed by atoms with E-state index in [0.29, 0.717) is 6.61 Å². The van der Waals surface area contributed by atoms with Crippen molar-refractivity contribution in [3.63, 3.8) is 0 Å². The second-order valence-electron chi connectivity index (χ2n) is 3.39. The summed E-state index contributed by atoms with van der Waals surface area (Å²) in [4.78, 5) is 11.6. The van der Waals surface area contributed by atoms with Gasteiger partial charge in [-0.25, -0.2) is 0 Å². The first-order chi connectivity index (χ1) is 6.86. The van der Waals surface area contributed by atoms with Crippen LogP contribution in [0.2, 0.25) is 0 Å². The van der Waals surface area contributed by atoms with Crippen molar-refractivity contribution in [2.75, 3.05) is 6.61 Å². The van der Waals surface area contributed by atoms with Crippen molar-refractivity contribution < 1.29 is 4.74 Å². The van der Waals surface area contributed by atoms with Gasteiger partial charge in [-0.2, -0.15) is 0 Å². The third kappa shape index (κ3) is 1.06. The molecule has 0 saturated carbocycles. The highest BCUT2D eigenvalue weighted by atomic mass is 16.6. The van der Waals surface area contributed by atoms with Crippen LogP contribution in [0.5, 0.6) is 0 Å². The Morgan fingerprint density at radius 3 is 2.79 bits per heavy atom. The van der Waals surface area contributed by atoms with Gasteiger partial charge in [0.2, 0.25) is 0 Å². The molecule has 1 saturated heterocycles. The SMILES string of the molecule is O=c1ccc2ccccc2n1[C@H]1CO1. The zero-order chi connectivity index (χ0) is 9.54. The van der Waals surface area contributed by atoms with Crippen LogP contribution < -0.4 is 5.56 Å². The molecule has 0 bridgehead atoms. The maximum atomic E-state index is 11.6. The molecule has 0 N–H and O–H groups in total. The highest BCUT2D eigenvalue weighted by Gasteiger charge is 2.26. The predicted octanol–water partition coefficient (Wildman–Crippen LogP) is 1.53. The standard InChI is InChI=1S/C11H9NO2/c13-10-6-5-8-3-1-2-4-9(8)12(10)11-7-14-11/h1-6,11H,7H2/t11-/m1/s1. The molecule has 1 atom stereocenters. The van der Waals surface area contributed by atoms with Crippen LogP contribution in [-0.4, -0.2) is 11.2 Å². The molecule has 1 aliphatic rings. The van der Waals surface area contributed by atoms with Crippen molar-refractivity contribution in [2.45, 2.75) is 6.23 Å². The molecular formula is C11H9NO2. The molecule has 0 aliphatic carbocycles. The first-order valence-corrected chi connectivity index (χ1v) is 4.58. The zero-order valence-corrected chi connectivity index (χ0v) is 7.51. The smallest absolute Gasteiger partial charge is 0.253 e. The summed E-state index contributed by atoms with van der Waals surface area (Å²) in [5.41, 5.74) is 0.953. The van der Waals surface area contributed by atoms with Crippen LogP contribution in [-0.2, 0) is 4.74 Å². The van der Waals surface area contributed by atoms with Crippen LogP contribution in [0.4, 0.5) is 0 Å². The fourth-order valence-electron chi connectivity index (χ4n) is 1.70. The lowest BCUT2D eigenvalue weighted by Gasteiger charge is -2.05. The molecule has 14 heavy (non-hydrogen) atoms. The lowest BCUT2D eigenvalue weighted by Crippen LogP contribution is -2.18. The number of hydrogen-bond acceptors (Lipinski definition) is 2. The van der Waals surface area contributed by atoms with E-state index in [0.717, 1.165) is 10.9 Å². The first-order valence-electron chi connectivity index (χ1n) is 4.58. The van der Waals surface area contributed by atoms with Crippen molar-refractivity contribution in [3.05, 3.63) is 46.8 Å². The highest BCUT2D eigenvalue weighted by molar-refractivity contribution is 5.78. The van der Waals surface area contributed by atoms with Gasteiger partial charge in [-0.1, -0.05) is 18.2 Å². The Hall–Kier alpha value is -1.61. The molecule has 1 aliphatic heterocycles. The second-order valence-corrected chi connectivity index (χ2v) is 3.39. The number of aromatic nitrogens is 1. The molecular weight excluding hydrogens is 178 g/mol. The lowest BCUT2D eigenvalue weighted by atomic mass is 10.2. The molecule has 70 valence electrons. The van der Waals surface area contributed by atoms with Gasteiger partial charge < -0.3 is 4.74 Å². The van der Waals surface area contributed by atoms with Gasteiger partial charge in [-0.05, 0) is 17.5 Å². The van der Waals surface area contributed by atoms with Gasteiger partial charge in [0.15, 0.2) is 6.23 Å². The van der Waals surface area contributed by atoms with Crippen molar-refractivity contribution >= 4 is 10.9 Å². The van der Waals surface area contributed by atoms with Crippen LogP contribution in [0.25, 0.3) is 10.9 Å². The Morgan fingerprint density at radius 1 is 1.21 bits per heavy atom. The van der Waals surface area contributed by atoms with E-state index >= 15 is 0 Å². The average molecular weight is 187 g/mol. The Bertz CT molecular complexity index is 540. The van der Waals surface area contributed by atoms with E-state index in [4.69, 9.17) is 4.74 Å². The molecule has 0 unspecified atom stereocenters. The fourth-order valence-corrected chi connectivity index (χ4v) is 1.70. The number of benzene rings is 1. The molecule has 0 spiro atoms. The van der Waals surface area contributed by atoms with Gasteiger partial charge in [0, 0.05) is 6.07 Å². The number of hydrogen-bond donors (Lipinski definition) is 0. The number of nitrogens with zero attached hydrogens (tertiary/aromatic N) is 1. The first kappa shape index (κ1) is 7.76. The van der Waals surface area contributed by atoms with Crippen LogP contribution >= 0.6 is 0 Å². The van der Waals surface area contributed by atoms with Gasteiger partial charge in [0.25, 0.3) is 5.56 Å². The quantitative estimate of drug-likeness (QED) is 0.634. The number of para-hydroxylation sites is 1. The summed E-state index contributed by atoms with van der Waals surface area (Å²) >= 11 is 0. The molecule has 2 aromatic rings. The monoisotopic (exact) mass is 187 g/mol. The van der Waals surface area contributed by atoms with E-state index in [-0.39, 0.29) is 11.8 Å². The molecule has 3 rings (SSSR count). The summed E-state index contributed by atoms with van der Waals surface area (Å²) in [6.07, 6.45) is -0.0476. The molecule has 0 amide bonds. The molecule has 1 aromatic heterocycles. The van der Waals surface area contributed by atoms with Crippen LogP contribution in [0.1, 0.15) is 6.23 Å². The topological polar surface area (TPSA) is 34.5 Å². The average Bonchev–Trinajstić information content (AvgIpc) is 3.01. The van der Waals surface area contributed by atoms with Crippen LogP contribution in [0.15, 0.2) is 41.2 Å². The zero-order valence-electron chi connectivity index (χ0n) is 7.51. The van der Waals surface area contributed by atoms with Gasteiger partial charge in [-0.15, -0.1) is 0 Å². The van der Waals surface area contributed by atoms with E-state index in [1.165, 1.54) is 0 Å². The third-order valence-electron chi connectivity index (χ3n) is 2.44. The van der Waals surface area contributed by atoms with Crippen molar-refractivity contribution in [1.82, 2.24) is 4.57 Å². The summed E-state index contributed by atoms with van der Waals surface area (Å²) < 4.78 is 6.85. The second kappa shape index (κ2) is 2.69. The molecule has 0 radical (unpaired) electrons. The van der Waals surface area contributed by atoms with Gasteiger partial charge in [0.1, 0.15) is 0 Å². The molecule has 1 aromatic carbocycles. The van der Waals surface area contributed by atoms with E-state index in [1.807, 2.05) is 30.3 Å². The van der Waals surface area contributed by atoms with Gasteiger partial charge in [-0.3, -0.25) is 9.36 Å². The van der Waals surface area contributed by atoms with E-state index in [2.05, 4.69) is 0 Å². The highest BCUT2D eigenvalue weighted by Crippen LogP contribution is 2.25. The number of rotatable bonds is 1.